The van der Waals surface area contributed by atoms with E-state index in [4.69, 9.17) is 0 Å². The van der Waals surface area contributed by atoms with Crippen LogP contribution in [0.2, 0.25) is 0 Å². The zero-order valence-corrected chi connectivity index (χ0v) is 10.1. The fourth-order valence-electron chi connectivity index (χ4n) is 1.23. The molecule has 5 heteroatoms. The lowest BCUT2D eigenvalue weighted by molar-refractivity contribution is 0.460. The molecule has 0 fully saturated rings. The number of sulfonamides is 1. The molecule has 0 aromatic heterocycles. The Morgan fingerprint density at radius 1 is 1.19 bits per heavy atom. The Bertz CT molecular complexity index is 414. The first kappa shape index (κ1) is 13.1. The standard InChI is InChI=1S/C11H16FNO2S/c1-10-4-6-11(7-5-10)16(14,15)13-9-3-2-8-12/h4-7,13H,2-3,8-9H2,1H3. The summed E-state index contributed by atoms with van der Waals surface area (Å²) in [5.74, 6) is 0. The molecule has 0 atom stereocenters. The molecule has 0 heterocycles. The van der Waals surface area contributed by atoms with Crippen LogP contribution in [-0.2, 0) is 10.0 Å². The van der Waals surface area contributed by atoms with Crippen molar-refractivity contribution in [2.45, 2.75) is 24.7 Å². The third kappa shape index (κ3) is 3.90. The number of halogens is 1. The number of nitrogens with one attached hydrogen (secondary N) is 1. The van der Waals surface area contributed by atoms with Crippen molar-refractivity contribution in [3.8, 4) is 0 Å². The van der Waals surface area contributed by atoms with Gasteiger partial charge < -0.3 is 0 Å². The van der Waals surface area contributed by atoms with Gasteiger partial charge in [0.05, 0.1) is 11.6 Å². The third-order valence-corrected chi connectivity index (χ3v) is 3.66. The maximum atomic E-state index is 11.8. The van der Waals surface area contributed by atoms with Crippen molar-refractivity contribution in [2.75, 3.05) is 13.2 Å². The van der Waals surface area contributed by atoms with Crippen molar-refractivity contribution in [3.05, 3.63) is 29.8 Å². The highest BCUT2D eigenvalue weighted by atomic mass is 32.2. The van der Waals surface area contributed by atoms with E-state index in [0.29, 0.717) is 12.8 Å². The van der Waals surface area contributed by atoms with E-state index in [1.54, 1.807) is 24.3 Å². The number of unbranched alkanes of at least 4 members (excludes halogenated alkanes) is 1. The van der Waals surface area contributed by atoms with Crippen LogP contribution in [0.1, 0.15) is 18.4 Å². The molecule has 0 aliphatic heterocycles. The molecule has 16 heavy (non-hydrogen) atoms. The van der Waals surface area contributed by atoms with Gasteiger partial charge in [0.1, 0.15) is 0 Å². The molecule has 1 N–H and O–H groups in total. The number of alkyl halides is 1. The predicted molar refractivity (Wildman–Crippen MR) is 61.6 cm³/mol. The highest BCUT2D eigenvalue weighted by Gasteiger charge is 2.12. The van der Waals surface area contributed by atoms with Gasteiger partial charge in [-0.3, -0.25) is 4.39 Å². The molecule has 0 bridgehead atoms. The van der Waals surface area contributed by atoms with Crippen LogP contribution < -0.4 is 4.72 Å². The van der Waals surface area contributed by atoms with E-state index < -0.39 is 16.7 Å². The second-order valence-corrected chi connectivity index (χ2v) is 5.37. The Morgan fingerprint density at radius 2 is 1.81 bits per heavy atom. The predicted octanol–water partition coefficient (Wildman–Crippen LogP) is 2.02. The highest BCUT2D eigenvalue weighted by Crippen LogP contribution is 2.09. The summed E-state index contributed by atoms with van der Waals surface area (Å²) in [7, 11) is -3.43. The minimum Gasteiger partial charge on any atom is -0.251 e. The maximum absolute atomic E-state index is 11.8. The zero-order chi connectivity index (χ0) is 12.0. The molecular weight excluding hydrogens is 229 g/mol. The van der Waals surface area contributed by atoms with Crippen LogP contribution in [0.5, 0.6) is 0 Å². The Balaban J connectivity index is 2.60. The maximum Gasteiger partial charge on any atom is 0.240 e. The van der Waals surface area contributed by atoms with Crippen LogP contribution in [0.3, 0.4) is 0 Å². The fourth-order valence-corrected chi connectivity index (χ4v) is 2.30. The highest BCUT2D eigenvalue weighted by molar-refractivity contribution is 7.89. The Kier molecular flexibility index (Phi) is 4.89. The second-order valence-electron chi connectivity index (χ2n) is 3.61. The van der Waals surface area contributed by atoms with Gasteiger partial charge in [-0.1, -0.05) is 17.7 Å². The summed E-state index contributed by atoms with van der Waals surface area (Å²) >= 11 is 0. The molecule has 1 rings (SSSR count). The number of rotatable bonds is 6. The molecule has 0 spiro atoms. The van der Waals surface area contributed by atoms with Crippen molar-refractivity contribution in [2.24, 2.45) is 0 Å². The normalized spacial score (nSPS) is 11.6. The van der Waals surface area contributed by atoms with E-state index in [1.807, 2.05) is 6.92 Å². The molecule has 0 radical (unpaired) electrons. The lowest BCUT2D eigenvalue weighted by atomic mass is 10.2. The first-order valence-corrected chi connectivity index (χ1v) is 6.67. The monoisotopic (exact) mass is 245 g/mol. The molecule has 90 valence electrons. The van der Waals surface area contributed by atoms with Crippen LogP contribution in [0.25, 0.3) is 0 Å². The minimum atomic E-state index is -3.43. The van der Waals surface area contributed by atoms with Gasteiger partial charge in [0.2, 0.25) is 10.0 Å². The average Bonchev–Trinajstić information content (AvgIpc) is 2.25. The molecule has 0 unspecified atom stereocenters. The average molecular weight is 245 g/mol. The Hall–Kier alpha value is -0.940. The van der Waals surface area contributed by atoms with Crippen LogP contribution in [0.15, 0.2) is 29.2 Å². The lowest BCUT2D eigenvalue weighted by Gasteiger charge is -2.06. The van der Waals surface area contributed by atoms with Gasteiger partial charge in [-0.05, 0) is 31.9 Å². The molecule has 1 aromatic rings. The molecule has 0 aliphatic carbocycles. The summed E-state index contributed by atoms with van der Waals surface area (Å²) in [5.41, 5.74) is 1.01. The van der Waals surface area contributed by atoms with Gasteiger partial charge in [0.15, 0.2) is 0 Å². The minimum absolute atomic E-state index is 0.248. The number of aryl methyl sites for hydroxylation is 1. The number of hydrogen-bond acceptors (Lipinski definition) is 2. The summed E-state index contributed by atoms with van der Waals surface area (Å²) in [6.07, 6.45) is 0.901. The molecule has 3 nitrogen and oxygen atoms in total. The van der Waals surface area contributed by atoms with E-state index in [-0.39, 0.29) is 11.4 Å². The van der Waals surface area contributed by atoms with E-state index >= 15 is 0 Å². The summed E-state index contributed by atoms with van der Waals surface area (Å²) in [6.45, 7) is 1.76. The largest absolute Gasteiger partial charge is 0.251 e. The van der Waals surface area contributed by atoms with Crippen molar-refractivity contribution < 1.29 is 12.8 Å². The fraction of sp³-hybridized carbons (Fsp3) is 0.455. The molecule has 0 saturated carbocycles. The third-order valence-electron chi connectivity index (χ3n) is 2.18. The quantitative estimate of drug-likeness (QED) is 0.779. The van der Waals surface area contributed by atoms with E-state index in [2.05, 4.69) is 4.72 Å². The van der Waals surface area contributed by atoms with Crippen LogP contribution in [-0.4, -0.2) is 21.6 Å². The SMILES string of the molecule is Cc1ccc(S(=O)(=O)NCCCCF)cc1. The Morgan fingerprint density at radius 3 is 2.38 bits per heavy atom. The van der Waals surface area contributed by atoms with Crippen LogP contribution in [0, 0.1) is 6.92 Å². The lowest BCUT2D eigenvalue weighted by Crippen LogP contribution is -2.24. The van der Waals surface area contributed by atoms with Gasteiger partial charge in [-0.2, -0.15) is 0 Å². The summed E-state index contributed by atoms with van der Waals surface area (Å²) in [6, 6.07) is 6.62. The molecule has 0 aliphatic rings. The van der Waals surface area contributed by atoms with Crippen molar-refractivity contribution in [3.63, 3.8) is 0 Å². The zero-order valence-electron chi connectivity index (χ0n) is 9.24. The van der Waals surface area contributed by atoms with Gasteiger partial charge >= 0.3 is 0 Å². The summed E-state index contributed by atoms with van der Waals surface area (Å²) < 4.78 is 37.6. The van der Waals surface area contributed by atoms with Gasteiger partial charge in [-0.15, -0.1) is 0 Å². The first-order valence-electron chi connectivity index (χ1n) is 5.18. The van der Waals surface area contributed by atoms with Crippen molar-refractivity contribution in [1.29, 1.82) is 0 Å². The molecular formula is C11H16FNO2S. The molecule has 0 saturated heterocycles. The van der Waals surface area contributed by atoms with Gasteiger partial charge in [0, 0.05) is 6.54 Å². The second kappa shape index (κ2) is 5.96. The number of hydrogen-bond donors (Lipinski definition) is 1. The summed E-state index contributed by atoms with van der Waals surface area (Å²) in [4.78, 5) is 0.248. The van der Waals surface area contributed by atoms with E-state index in [1.165, 1.54) is 0 Å². The molecule has 1 aromatic carbocycles. The van der Waals surface area contributed by atoms with E-state index in [9.17, 15) is 12.8 Å². The van der Waals surface area contributed by atoms with Crippen molar-refractivity contribution >= 4 is 10.0 Å². The van der Waals surface area contributed by atoms with Crippen molar-refractivity contribution in [1.82, 2.24) is 4.72 Å². The first-order chi connectivity index (χ1) is 7.56. The van der Waals surface area contributed by atoms with Gasteiger partial charge in [0.25, 0.3) is 0 Å². The molecule has 0 amide bonds. The topological polar surface area (TPSA) is 46.2 Å². The van der Waals surface area contributed by atoms with Crippen LogP contribution >= 0.6 is 0 Å². The smallest absolute Gasteiger partial charge is 0.240 e. The summed E-state index contributed by atoms with van der Waals surface area (Å²) in [5, 5.41) is 0. The Labute approximate surface area is 95.7 Å². The van der Waals surface area contributed by atoms with Gasteiger partial charge in [-0.25, -0.2) is 13.1 Å². The van der Waals surface area contributed by atoms with E-state index in [0.717, 1.165) is 5.56 Å². The number of benzene rings is 1. The van der Waals surface area contributed by atoms with Crippen LogP contribution in [0.4, 0.5) is 4.39 Å².